The molecular weight excluding hydrogens is 184 g/mol. The number of sulfonamides is 1. The first-order valence-electron chi connectivity index (χ1n) is 3.06. The zero-order valence-corrected chi connectivity index (χ0v) is 6.87. The van der Waals surface area contributed by atoms with E-state index in [9.17, 15) is 8.42 Å². The van der Waals surface area contributed by atoms with Gasteiger partial charge in [0, 0.05) is 6.54 Å². The van der Waals surface area contributed by atoms with Gasteiger partial charge < -0.3 is 5.32 Å². The predicted molar refractivity (Wildman–Crippen MR) is 40.6 cm³/mol. The Balaban J connectivity index is 2.29. The highest BCUT2D eigenvalue weighted by molar-refractivity contribution is 7.89. The average molecular weight is 192 g/mol. The van der Waals surface area contributed by atoms with Gasteiger partial charge in [0.05, 0.1) is 5.75 Å². The zero-order chi connectivity index (χ0) is 9.03. The number of nitrogens with zero attached hydrogens (tertiary/aromatic N) is 3. The van der Waals surface area contributed by atoms with E-state index in [1.165, 1.54) is 0 Å². The summed E-state index contributed by atoms with van der Waals surface area (Å²) in [4.78, 5) is 0. The quantitative estimate of drug-likeness (QED) is 0.501. The molecule has 0 aromatic carbocycles. The Labute approximate surface area is 68.6 Å². The van der Waals surface area contributed by atoms with Crippen LogP contribution in [0.5, 0.6) is 0 Å². The highest BCUT2D eigenvalue weighted by Gasteiger charge is 2.02. The van der Waals surface area contributed by atoms with Crippen molar-refractivity contribution < 1.29 is 8.42 Å². The van der Waals surface area contributed by atoms with Gasteiger partial charge in [0.15, 0.2) is 0 Å². The fourth-order valence-electron chi connectivity index (χ4n) is 0.542. The lowest BCUT2D eigenvalue weighted by molar-refractivity contribution is 0.598. The van der Waals surface area contributed by atoms with E-state index < -0.39 is 10.0 Å². The van der Waals surface area contributed by atoms with Crippen LogP contribution >= 0.6 is 0 Å². The molecule has 8 nitrogen and oxygen atoms in total. The largest absolute Gasteiger partial charge is 0.351 e. The number of aromatic nitrogens is 4. The van der Waals surface area contributed by atoms with Gasteiger partial charge in [0.2, 0.25) is 10.0 Å². The van der Waals surface area contributed by atoms with Crippen LogP contribution in [0.25, 0.3) is 0 Å². The van der Waals surface area contributed by atoms with E-state index in [0.29, 0.717) is 0 Å². The van der Waals surface area contributed by atoms with Crippen LogP contribution in [0.4, 0.5) is 5.95 Å². The molecule has 1 aromatic heterocycles. The minimum atomic E-state index is -3.43. The third-order valence-electron chi connectivity index (χ3n) is 1.02. The lowest BCUT2D eigenvalue weighted by Gasteiger charge is -1.97. The molecule has 0 amide bonds. The molecule has 0 spiro atoms. The fourth-order valence-corrected chi connectivity index (χ4v) is 0.928. The maximum absolute atomic E-state index is 10.4. The third-order valence-corrected chi connectivity index (χ3v) is 1.79. The highest BCUT2D eigenvalue weighted by atomic mass is 32.2. The molecular formula is C3H8N6O2S. The van der Waals surface area contributed by atoms with Crippen LogP contribution in [0, 0.1) is 0 Å². The summed E-state index contributed by atoms with van der Waals surface area (Å²) < 4.78 is 20.9. The summed E-state index contributed by atoms with van der Waals surface area (Å²) in [5, 5.41) is 19.9. The van der Waals surface area contributed by atoms with Gasteiger partial charge >= 0.3 is 0 Å². The Morgan fingerprint density at radius 1 is 1.58 bits per heavy atom. The van der Waals surface area contributed by atoms with Crippen LogP contribution in [-0.2, 0) is 10.0 Å². The number of tetrazole rings is 1. The number of primary sulfonamides is 1. The van der Waals surface area contributed by atoms with Crippen molar-refractivity contribution in [3.05, 3.63) is 0 Å². The summed E-state index contributed by atoms with van der Waals surface area (Å²) in [5.74, 6) is 0.0836. The normalized spacial score (nSPS) is 11.4. The second-order valence-corrected chi connectivity index (χ2v) is 3.76. The van der Waals surface area contributed by atoms with Gasteiger partial charge in [-0.1, -0.05) is 5.10 Å². The fraction of sp³-hybridized carbons (Fsp3) is 0.667. The maximum Gasteiger partial charge on any atom is 0.263 e. The summed E-state index contributed by atoms with van der Waals surface area (Å²) in [6.45, 7) is 0.165. The number of nitrogens with two attached hydrogens (primary N) is 1. The van der Waals surface area contributed by atoms with Crippen molar-refractivity contribution in [2.24, 2.45) is 5.14 Å². The third kappa shape index (κ3) is 3.25. The van der Waals surface area contributed by atoms with Gasteiger partial charge in [0.1, 0.15) is 0 Å². The van der Waals surface area contributed by atoms with Gasteiger partial charge in [0.25, 0.3) is 5.95 Å². The summed E-state index contributed by atoms with van der Waals surface area (Å²) in [7, 11) is -3.43. The van der Waals surface area contributed by atoms with E-state index in [1.54, 1.807) is 0 Å². The number of nitrogens with one attached hydrogen (secondary N) is 2. The number of rotatable bonds is 4. The minimum absolute atomic E-state index is 0.165. The molecule has 0 saturated carbocycles. The minimum Gasteiger partial charge on any atom is -0.351 e. The summed E-state index contributed by atoms with van der Waals surface area (Å²) in [6.07, 6.45) is 0. The van der Waals surface area contributed by atoms with Gasteiger partial charge in [-0.05, 0) is 5.21 Å². The van der Waals surface area contributed by atoms with Crippen LogP contribution in [-0.4, -0.2) is 41.3 Å². The van der Waals surface area contributed by atoms with E-state index in [1.807, 2.05) is 0 Å². The molecule has 0 aliphatic carbocycles. The van der Waals surface area contributed by atoms with Crippen molar-refractivity contribution in [3.63, 3.8) is 0 Å². The molecule has 1 rings (SSSR count). The number of aromatic amines is 1. The van der Waals surface area contributed by atoms with Crippen molar-refractivity contribution in [1.82, 2.24) is 20.6 Å². The molecule has 0 unspecified atom stereocenters. The number of anilines is 1. The molecule has 1 heterocycles. The summed E-state index contributed by atoms with van der Waals surface area (Å²) in [5.41, 5.74) is 0. The van der Waals surface area contributed by atoms with Crippen LogP contribution in [0.1, 0.15) is 0 Å². The van der Waals surface area contributed by atoms with Crippen molar-refractivity contribution in [2.45, 2.75) is 0 Å². The molecule has 0 atom stereocenters. The molecule has 0 aliphatic heterocycles. The van der Waals surface area contributed by atoms with Crippen molar-refractivity contribution >= 4 is 16.0 Å². The Bertz CT molecular complexity index is 317. The number of H-pyrrole nitrogens is 1. The lowest BCUT2D eigenvalue weighted by atomic mass is 10.7. The molecule has 0 fully saturated rings. The Kier molecular flexibility index (Phi) is 2.55. The average Bonchev–Trinajstić information content (AvgIpc) is 2.36. The van der Waals surface area contributed by atoms with E-state index in [-0.39, 0.29) is 18.2 Å². The maximum atomic E-state index is 10.4. The Morgan fingerprint density at radius 3 is 2.83 bits per heavy atom. The number of hydrogen-bond donors (Lipinski definition) is 3. The second-order valence-electron chi connectivity index (χ2n) is 2.03. The van der Waals surface area contributed by atoms with Crippen molar-refractivity contribution in [2.75, 3.05) is 17.6 Å². The first-order valence-corrected chi connectivity index (χ1v) is 4.77. The SMILES string of the molecule is NS(=O)(=O)CCNc1nn[nH]n1. The molecule has 0 bridgehead atoms. The van der Waals surface area contributed by atoms with E-state index in [2.05, 4.69) is 25.9 Å². The molecule has 0 radical (unpaired) electrons. The van der Waals surface area contributed by atoms with Gasteiger partial charge in [-0.25, -0.2) is 13.6 Å². The summed E-state index contributed by atoms with van der Waals surface area (Å²) in [6, 6.07) is 0. The zero-order valence-electron chi connectivity index (χ0n) is 6.06. The molecule has 9 heteroatoms. The van der Waals surface area contributed by atoms with Crippen molar-refractivity contribution in [1.29, 1.82) is 0 Å². The summed E-state index contributed by atoms with van der Waals surface area (Å²) >= 11 is 0. The molecule has 4 N–H and O–H groups in total. The smallest absolute Gasteiger partial charge is 0.263 e. The van der Waals surface area contributed by atoms with Crippen LogP contribution < -0.4 is 10.5 Å². The lowest BCUT2D eigenvalue weighted by Crippen LogP contribution is -2.22. The molecule has 0 saturated heterocycles. The topological polar surface area (TPSA) is 127 Å². The number of hydrogen-bond acceptors (Lipinski definition) is 6. The van der Waals surface area contributed by atoms with Crippen molar-refractivity contribution in [3.8, 4) is 0 Å². The predicted octanol–water partition coefficient (Wildman–Crippen LogP) is -2.10. The first-order chi connectivity index (χ1) is 5.58. The molecule has 0 aliphatic rings. The molecule has 12 heavy (non-hydrogen) atoms. The second kappa shape index (κ2) is 3.45. The van der Waals surface area contributed by atoms with E-state index >= 15 is 0 Å². The highest BCUT2D eigenvalue weighted by Crippen LogP contribution is 1.88. The molecule has 1 aromatic rings. The monoisotopic (exact) mass is 192 g/mol. The Hall–Kier alpha value is -1.22. The van der Waals surface area contributed by atoms with E-state index in [0.717, 1.165) is 0 Å². The van der Waals surface area contributed by atoms with Crippen LogP contribution in [0.3, 0.4) is 0 Å². The van der Waals surface area contributed by atoms with Gasteiger partial charge in [-0.3, -0.25) is 0 Å². The van der Waals surface area contributed by atoms with Gasteiger partial charge in [-0.15, -0.1) is 5.10 Å². The standard InChI is InChI=1S/C3H8N6O2S/c4-12(10,11)2-1-5-3-6-8-9-7-3/h1-2H2,(H2,4,10,11)(H2,5,6,7,8,9). The first kappa shape index (κ1) is 8.87. The van der Waals surface area contributed by atoms with Gasteiger partial charge in [-0.2, -0.15) is 5.21 Å². The van der Waals surface area contributed by atoms with Crippen LogP contribution in [0.15, 0.2) is 0 Å². The molecule has 68 valence electrons. The van der Waals surface area contributed by atoms with E-state index in [4.69, 9.17) is 5.14 Å². The van der Waals surface area contributed by atoms with Crippen LogP contribution in [0.2, 0.25) is 0 Å². The Morgan fingerprint density at radius 2 is 2.33 bits per heavy atom.